The van der Waals surface area contributed by atoms with Gasteiger partial charge in [0.15, 0.2) is 0 Å². The number of carbonyl (C=O) groups excluding carboxylic acids is 1. The van der Waals surface area contributed by atoms with Gasteiger partial charge in [-0.25, -0.2) is 8.78 Å². The van der Waals surface area contributed by atoms with Gasteiger partial charge in [0.1, 0.15) is 6.61 Å². The third kappa shape index (κ3) is 2.30. The van der Waals surface area contributed by atoms with E-state index < -0.39 is 11.3 Å². The lowest BCUT2D eigenvalue weighted by molar-refractivity contribution is -0.129. The van der Waals surface area contributed by atoms with Crippen molar-refractivity contribution >= 4 is 6.47 Å². The summed E-state index contributed by atoms with van der Waals surface area (Å²) in [6.45, 7) is 1.29. The van der Waals surface area contributed by atoms with E-state index in [0.717, 1.165) is 11.1 Å². The maximum absolute atomic E-state index is 13.5. The van der Waals surface area contributed by atoms with Crippen LogP contribution in [0.5, 0.6) is 0 Å². The number of hydrogen-bond donors (Lipinski definition) is 1. The van der Waals surface area contributed by atoms with Crippen LogP contribution in [0.3, 0.4) is 0 Å². The molecule has 2 unspecified atom stereocenters. The second kappa shape index (κ2) is 4.81. The van der Waals surface area contributed by atoms with Crippen LogP contribution in [0, 0.1) is 5.41 Å². The average molecular weight is 281 g/mol. The van der Waals surface area contributed by atoms with Crippen molar-refractivity contribution in [3.05, 3.63) is 35.4 Å². The fourth-order valence-electron chi connectivity index (χ4n) is 3.14. The Kier molecular flexibility index (Phi) is 3.24. The molecule has 2 atom stereocenters. The molecular weight excluding hydrogens is 264 g/mol. The number of halogens is 2. The molecule has 1 spiro atoms. The van der Waals surface area contributed by atoms with E-state index in [9.17, 15) is 13.6 Å². The minimum absolute atomic E-state index is 0.0156. The minimum atomic E-state index is -2.48. The fourth-order valence-corrected chi connectivity index (χ4v) is 3.14. The molecule has 0 bridgehead atoms. The second-order valence-electron chi connectivity index (χ2n) is 5.77. The molecule has 2 aliphatic rings. The SMILES string of the molecule is O=COCc1ccc(C2CC3(CCN2)CC3(F)F)cc1. The summed E-state index contributed by atoms with van der Waals surface area (Å²) >= 11 is 0. The first kappa shape index (κ1) is 13.5. The molecule has 1 aliphatic carbocycles. The van der Waals surface area contributed by atoms with Crippen molar-refractivity contribution in [3.8, 4) is 0 Å². The van der Waals surface area contributed by atoms with Gasteiger partial charge < -0.3 is 10.1 Å². The molecular formula is C15H17F2NO2. The van der Waals surface area contributed by atoms with E-state index in [2.05, 4.69) is 10.1 Å². The number of benzene rings is 1. The average Bonchev–Trinajstić information content (AvgIpc) is 2.96. The Labute approximate surface area is 116 Å². The Morgan fingerprint density at radius 3 is 2.65 bits per heavy atom. The maximum atomic E-state index is 13.5. The van der Waals surface area contributed by atoms with Gasteiger partial charge >= 0.3 is 0 Å². The summed E-state index contributed by atoms with van der Waals surface area (Å²) < 4.78 is 31.7. The van der Waals surface area contributed by atoms with E-state index in [1.54, 1.807) is 0 Å². The molecule has 1 saturated carbocycles. The molecule has 108 valence electrons. The molecule has 3 rings (SSSR count). The number of carbonyl (C=O) groups is 1. The highest BCUT2D eigenvalue weighted by atomic mass is 19.3. The van der Waals surface area contributed by atoms with Gasteiger partial charge in [-0.2, -0.15) is 0 Å². The van der Waals surface area contributed by atoms with E-state index in [1.807, 2.05) is 24.3 Å². The van der Waals surface area contributed by atoms with E-state index in [0.29, 0.717) is 25.9 Å². The van der Waals surface area contributed by atoms with Crippen molar-refractivity contribution in [2.45, 2.75) is 37.8 Å². The molecule has 3 nitrogen and oxygen atoms in total. The van der Waals surface area contributed by atoms with Crippen molar-refractivity contribution in [2.75, 3.05) is 6.54 Å². The summed E-state index contributed by atoms with van der Waals surface area (Å²) in [5.41, 5.74) is 1.13. The van der Waals surface area contributed by atoms with Crippen LogP contribution >= 0.6 is 0 Å². The molecule has 1 aliphatic heterocycles. The standard InChI is InChI=1S/C15H17F2NO2/c16-15(17)9-14(15)5-6-18-13(7-14)12-3-1-11(2-4-12)8-20-10-19/h1-4,10,13,18H,5-9H2. The monoisotopic (exact) mass is 281 g/mol. The zero-order chi connectivity index (χ0) is 14.2. The number of alkyl halides is 2. The van der Waals surface area contributed by atoms with E-state index in [1.165, 1.54) is 0 Å². The lowest BCUT2D eigenvalue weighted by Gasteiger charge is -2.31. The molecule has 1 saturated heterocycles. The van der Waals surface area contributed by atoms with Crippen molar-refractivity contribution in [1.29, 1.82) is 0 Å². The Balaban J connectivity index is 1.68. The van der Waals surface area contributed by atoms with Crippen LogP contribution in [0.25, 0.3) is 0 Å². The maximum Gasteiger partial charge on any atom is 0.293 e. The predicted molar refractivity (Wildman–Crippen MR) is 69.3 cm³/mol. The molecule has 1 N–H and O–H groups in total. The van der Waals surface area contributed by atoms with Crippen LogP contribution in [0.15, 0.2) is 24.3 Å². The summed E-state index contributed by atoms with van der Waals surface area (Å²) in [5, 5.41) is 3.31. The van der Waals surface area contributed by atoms with Gasteiger partial charge in [-0.1, -0.05) is 24.3 Å². The number of piperidine rings is 1. The molecule has 0 radical (unpaired) electrons. The largest absolute Gasteiger partial charge is 0.463 e. The van der Waals surface area contributed by atoms with Crippen LogP contribution in [-0.2, 0) is 16.1 Å². The van der Waals surface area contributed by atoms with Crippen molar-refractivity contribution in [1.82, 2.24) is 5.32 Å². The van der Waals surface area contributed by atoms with E-state index >= 15 is 0 Å². The van der Waals surface area contributed by atoms with Crippen LogP contribution in [0.1, 0.15) is 36.4 Å². The molecule has 0 aromatic heterocycles. The molecule has 0 amide bonds. The van der Waals surface area contributed by atoms with Gasteiger partial charge in [-0.05, 0) is 30.5 Å². The van der Waals surface area contributed by atoms with Gasteiger partial charge in [0.05, 0.1) is 0 Å². The molecule has 1 aromatic carbocycles. The molecule has 20 heavy (non-hydrogen) atoms. The summed E-state index contributed by atoms with van der Waals surface area (Å²) in [7, 11) is 0. The first-order valence-electron chi connectivity index (χ1n) is 6.82. The fraction of sp³-hybridized carbons (Fsp3) is 0.533. The van der Waals surface area contributed by atoms with Crippen LogP contribution in [-0.4, -0.2) is 18.9 Å². The van der Waals surface area contributed by atoms with E-state index in [4.69, 9.17) is 0 Å². The quantitative estimate of drug-likeness (QED) is 0.862. The Morgan fingerprint density at radius 1 is 1.35 bits per heavy atom. The second-order valence-corrected chi connectivity index (χ2v) is 5.77. The van der Waals surface area contributed by atoms with Crippen LogP contribution < -0.4 is 5.32 Å². The minimum Gasteiger partial charge on any atom is -0.463 e. The van der Waals surface area contributed by atoms with Crippen LogP contribution in [0.2, 0.25) is 0 Å². The summed E-state index contributed by atoms with van der Waals surface area (Å²) in [6, 6.07) is 7.55. The lowest BCUT2D eigenvalue weighted by Crippen LogP contribution is -2.35. The summed E-state index contributed by atoms with van der Waals surface area (Å²) in [5.74, 6) is -2.48. The topological polar surface area (TPSA) is 38.3 Å². The Bertz CT molecular complexity index is 503. The van der Waals surface area contributed by atoms with Crippen molar-refractivity contribution in [2.24, 2.45) is 5.41 Å². The number of ether oxygens (including phenoxy) is 1. The smallest absolute Gasteiger partial charge is 0.293 e. The predicted octanol–water partition coefficient (Wildman–Crippen LogP) is 2.81. The molecule has 5 heteroatoms. The molecule has 2 fully saturated rings. The zero-order valence-corrected chi connectivity index (χ0v) is 11.1. The Hall–Kier alpha value is -1.49. The van der Waals surface area contributed by atoms with E-state index in [-0.39, 0.29) is 19.1 Å². The van der Waals surface area contributed by atoms with Gasteiger partial charge in [0.2, 0.25) is 0 Å². The zero-order valence-electron chi connectivity index (χ0n) is 11.1. The van der Waals surface area contributed by atoms with Gasteiger partial charge in [-0.15, -0.1) is 0 Å². The highest BCUT2D eigenvalue weighted by Crippen LogP contribution is 2.67. The van der Waals surface area contributed by atoms with Crippen molar-refractivity contribution in [3.63, 3.8) is 0 Å². The first-order chi connectivity index (χ1) is 9.56. The summed E-state index contributed by atoms with van der Waals surface area (Å²) in [6.07, 6.45) is 1.08. The Morgan fingerprint density at radius 2 is 2.05 bits per heavy atom. The lowest BCUT2D eigenvalue weighted by atomic mass is 9.85. The normalized spacial score (nSPS) is 31.0. The first-order valence-corrected chi connectivity index (χ1v) is 6.82. The summed E-state index contributed by atoms with van der Waals surface area (Å²) in [4.78, 5) is 10.1. The number of hydrogen-bond acceptors (Lipinski definition) is 3. The molecule has 1 aromatic rings. The highest BCUT2D eigenvalue weighted by Gasteiger charge is 2.71. The van der Waals surface area contributed by atoms with Gasteiger partial charge in [-0.3, -0.25) is 4.79 Å². The number of rotatable bonds is 4. The van der Waals surface area contributed by atoms with Crippen LogP contribution in [0.4, 0.5) is 8.78 Å². The van der Waals surface area contributed by atoms with Gasteiger partial charge in [0.25, 0.3) is 12.4 Å². The number of nitrogens with one attached hydrogen (secondary N) is 1. The third-order valence-corrected chi connectivity index (χ3v) is 4.50. The van der Waals surface area contributed by atoms with Crippen molar-refractivity contribution < 1.29 is 18.3 Å². The third-order valence-electron chi connectivity index (χ3n) is 4.50. The van der Waals surface area contributed by atoms with Gasteiger partial charge in [0, 0.05) is 17.9 Å². The molecule has 1 heterocycles. The highest BCUT2D eigenvalue weighted by molar-refractivity contribution is 5.37.